The molecule has 3 heteroatoms. The predicted molar refractivity (Wildman–Crippen MR) is 66.3 cm³/mol. The Labute approximate surface area is 97.2 Å². The van der Waals surface area contributed by atoms with E-state index in [1.807, 2.05) is 6.92 Å². The highest BCUT2D eigenvalue weighted by molar-refractivity contribution is 5.80. The Hall–Kier alpha value is -1.35. The van der Waals surface area contributed by atoms with E-state index in [9.17, 15) is 4.79 Å². The molecule has 3 nitrogen and oxygen atoms in total. The highest BCUT2D eigenvalue weighted by atomic mass is 16.2. The van der Waals surface area contributed by atoms with Gasteiger partial charge in [-0.3, -0.25) is 4.79 Å². The van der Waals surface area contributed by atoms with E-state index in [0.717, 1.165) is 6.54 Å². The number of hydrogen-bond donors (Lipinski definition) is 2. The van der Waals surface area contributed by atoms with Crippen LogP contribution in [0.5, 0.6) is 0 Å². The lowest BCUT2D eigenvalue weighted by atomic mass is 10.1. The van der Waals surface area contributed by atoms with Crippen molar-refractivity contribution in [2.75, 3.05) is 7.05 Å². The minimum Gasteiger partial charge on any atom is -0.358 e. The van der Waals surface area contributed by atoms with E-state index >= 15 is 0 Å². The first-order valence-electron chi connectivity index (χ1n) is 5.55. The van der Waals surface area contributed by atoms with Crippen molar-refractivity contribution in [3.8, 4) is 0 Å². The Morgan fingerprint density at radius 3 is 2.31 bits per heavy atom. The van der Waals surface area contributed by atoms with Crippen LogP contribution in [0, 0.1) is 13.8 Å². The summed E-state index contributed by atoms with van der Waals surface area (Å²) in [6.45, 7) is 6.75. The molecular formula is C13H20N2O. The zero-order valence-electron chi connectivity index (χ0n) is 10.4. The summed E-state index contributed by atoms with van der Waals surface area (Å²) >= 11 is 0. The van der Waals surface area contributed by atoms with Crippen LogP contribution in [0.25, 0.3) is 0 Å². The maximum absolute atomic E-state index is 11.3. The van der Waals surface area contributed by atoms with Gasteiger partial charge in [0.2, 0.25) is 5.91 Å². The van der Waals surface area contributed by atoms with Crippen molar-refractivity contribution >= 4 is 5.91 Å². The first-order valence-corrected chi connectivity index (χ1v) is 5.55. The highest BCUT2D eigenvalue weighted by Crippen LogP contribution is 2.08. The number of amides is 1. The molecule has 0 radical (unpaired) electrons. The molecule has 1 amide bonds. The topological polar surface area (TPSA) is 41.1 Å². The van der Waals surface area contributed by atoms with Gasteiger partial charge in [0.1, 0.15) is 0 Å². The molecule has 0 heterocycles. The zero-order valence-corrected chi connectivity index (χ0v) is 10.4. The van der Waals surface area contributed by atoms with Gasteiger partial charge in [0.15, 0.2) is 0 Å². The van der Waals surface area contributed by atoms with Gasteiger partial charge in [-0.25, -0.2) is 0 Å². The standard InChI is InChI=1S/C13H20N2O/c1-9-5-10(2)7-12(6-9)8-15-11(3)13(16)14-4/h5-7,11,15H,8H2,1-4H3,(H,14,16)/t11-/m1/s1. The van der Waals surface area contributed by atoms with Crippen LogP contribution in [0.2, 0.25) is 0 Å². The van der Waals surface area contributed by atoms with Gasteiger partial charge >= 0.3 is 0 Å². The van der Waals surface area contributed by atoms with E-state index in [0.29, 0.717) is 0 Å². The Balaban J connectivity index is 2.57. The molecule has 0 saturated heterocycles. The molecule has 0 aliphatic rings. The van der Waals surface area contributed by atoms with Crippen molar-refractivity contribution in [2.24, 2.45) is 0 Å². The summed E-state index contributed by atoms with van der Waals surface area (Å²) in [5.41, 5.74) is 3.72. The highest BCUT2D eigenvalue weighted by Gasteiger charge is 2.09. The van der Waals surface area contributed by atoms with Crippen LogP contribution in [0.4, 0.5) is 0 Å². The van der Waals surface area contributed by atoms with Gasteiger partial charge in [-0.05, 0) is 26.3 Å². The van der Waals surface area contributed by atoms with Crippen LogP contribution < -0.4 is 10.6 Å². The van der Waals surface area contributed by atoms with E-state index in [1.54, 1.807) is 7.05 Å². The minimum atomic E-state index is -0.161. The lowest BCUT2D eigenvalue weighted by Gasteiger charge is -2.12. The number of likely N-dealkylation sites (N-methyl/N-ethyl adjacent to an activating group) is 1. The van der Waals surface area contributed by atoms with Crippen LogP contribution >= 0.6 is 0 Å². The third kappa shape index (κ3) is 3.66. The van der Waals surface area contributed by atoms with E-state index in [2.05, 4.69) is 42.7 Å². The Kier molecular flexibility index (Phi) is 4.50. The van der Waals surface area contributed by atoms with E-state index in [4.69, 9.17) is 0 Å². The molecule has 0 aliphatic heterocycles. The summed E-state index contributed by atoms with van der Waals surface area (Å²) in [4.78, 5) is 11.3. The monoisotopic (exact) mass is 220 g/mol. The molecule has 0 fully saturated rings. The fourth-order valence-electron chi connectivity index (χ4n) is 1.75. The largest absolute Gasteiger partial charge is 0.358 e. The third-order valence-corrected chi connectivity index (χ3v) is 2.53. The number of nitrogens with one attached hydrogen (secondary N) is 2. The maximum Gasteiger partial charge on any atom is 0.236 e. The number of aryl methyl sites for hydroxylation is 2. The Morgan fingerprint density at radius 2 is 1.81 bits per heavy atom. The van der Waals surface area contributed by atoms with Crippen LogP contribution in [-0.4, -0.2) is 19.0 Å². The number of carbonyl (C=O) groups excluding carboxylic acids is 1. The third-order valence-electron chi connectivity index (χ3n) is 2.53. The van der Waals surface area contributed by atoms with Crippen LogP contribution in [0.1, 0.15) is 23.6 Å². The Bertz CT molecular complexity index is 354. The zero-order chi connectivity index (χ0) is 12.1. The molecule has 1 rings (SSSR count). The summed E-state index contributed by atoms with van der Waals surface area (Å²) in [6, 6.07) is 6.25. The Morgan fingerprint density at radius 1 is 1.25 bits per heavy atom. The predicted octanol–water partition coefficient (Wildman–Crippen LogP) is 1.53. The molecule has 0 aromatic heterocycles. The van der Waals surface area contributed by atoms with E-state index in [-0.39, 0.29) is 11.9 Å². The molecule has 0 aliphatic carbocycles. The van der Waals surface area contributed by atoms with Crippen molar-refractivity contribution < 1.29 is 4.79 Å². The van der Waals surface area contributed by atoms with Crippen LogP contribution in [0.3, 0.4) is 0 Å². The van der Waals surface area contributed by atoms with Gasteiger partial charge in [0.25, 0.3) is 0 Å². The summed E-state index contributed by atoms with van der Waals surface area (Å²) < 4.78 is 0. The molecular weight excluding hydrogens is 200 g/mol. The fourth-order valence-corrected chi connectivity index (χ4v) is 1.75. The summed E-state index contributed by atoms with van der Waals surface area (Å²) in [5, 5.41) is 5.81. The maximum atomic E-state index is 11.3. The van der Waals surface area contributed by atoms with Crippen LogP contribution in [0.15, 0.2) is 18.2 Å². The fraction of sp³-hybridized carbons (Fsp3) is 0.462. The minimum absolute atomic E-state index is 0.0179. The normalized spacial score (nSPS) is 12.2. The second-order valence-corrected chi connectivity index (χ2v) is 4.21. The van der Waals surface area contributed by atoms with Gasteiger partial charge in [-0.15, -0.1) is 0 Å². The van der Waals surface area contributed by atoms with Gasteiger partial charge in [0, 0.05) is 13.6 Å². The SMILES string of the molecule is CNC(=O)[C@@H](C)NCc1cc(C)cc(C)c1. The summed E-state index contributed by atoms with van der Waals surface area (Å²) in [5.74, 6) is 0.0179. The first-order chi connectivity index (χ1) is 7.52. The second kappa shape index (κ2) is 5.66. The van der Waals surface area contributed by atoms with Crippen molar-refractivity contribution in [3.63, 3.8) is 0 Å². The molecule has 88 valence electrons. The number of hydrogen-bond acceptors (Lipinski definition) is 2. The quantitative estimate of drug-likeness (QED) is 0.808. The van der Waals surface area contributed by atoms with Crippen molar-refractivity contribution in [1.29, 1.82) is 0 Å². The molecule has 0 spiro atoms. The van der Waals surface area contributed by atoms with Gasteiger partial charge in [0.05, 0.1) is 6.04 Å². The molecule has 0 bridgehead atoms. The molecule has 1 aromatic carbocycles. The average molecular weight is 220 g/mol. The molecule has 1 atom stereocenters. The average Bonchev–Trinajstić information content (AvgIpc) is 2.23. The lowest BCUT2D eigenvalue weighted by Crippen LogP contribution is -2.40. The number of rotatable bonds is 4. The lowest BCUT2D eigenvalue weighted by molar-refractivity contribution is -0.122. The van der Waals surface area contributed by atoms with E-state index in [1.165, 1.54) is 16.7 Å². The van der Waals surface area contributed by atoms with Gasteiger partial charge in [-0.1, -0.05) is 29.3 Å². The molecule has 16 heavy (non-hydrogen) atoms. The summed E-state index contributed by atoms with van der Waals surface area (Å²) in [6.07, 6.45) is 0. The van der Waals surface area contributed by atoms with Crippen molar-refractivity contribution in [3.05, 3.63) is 34.9 Å². The summed E-state index contributed by atoms with van der Waals surface area (Å²) in [7, 11) is 1.65. The van der Waals surface area contributed by atoms with Crippen molar-refractivity contribution in [1.82, 2.24) is 10.6 Å². The smallest absolute Gasteiger partial charge is 0.236 e. The number of carbonyl (C=O) groups is 1. The van der Waals surface area contributed by atoms with Gasteiger partial charge in [-0.2, -0.15) is 0 Å². The molecule has 1 aromatic rings. The van der Waals surface area contributed by atoms with E-state index < -0.39 is 0 Å². The van der Waals surface area contributed by atoms with Crippen molar-refractivity contribution in [2.45, 2.75) is 33.4 Å². The number of benzene rings is 1. The molecule has 2 N–H and O–H groups in total. The second-order valence-electron chi connectivity index (χ2n) is 4.21. The van der Waals surface area contributed by atoms with Gasteiger partial charge < -0.3 is 10.6 Å². The molecule has 0 saturated carbocycles. The van der Waals surface area contributed by atoms with Crippen LogP contribution in [-0.2, 0) is 11.3 Å². The first kappa shape index (κ1) is 12.7. The molecule has 0 unspecified atom stereocenters.